The van der Waals surface area contributed by atoms with Crippen LogP contribution in [0.5, 0.6) is 0 Å². The molecule has 0 aromatic heterocycles. The Bertz CT molecular complexity index is 284. The van der Waals surface area contributed by atoms with E-state index in [2.05, 4.69) is 5.32 Å². The number of hydrogen-bond acceptors (Lipinski definition) is 3. The molecule has 1 aliphatic heterocycles. The molecular weight excluding hydrogens is 154 g/mol. The summed E-state index contributed by atoms with van der Waals surface area (Å²) in [5.74, 6) is -0.316. The largest absolute Gasteiger partial charge is 0.441 e. The van der Waals surface area contributed by atoms with E-state index in [0.717, 1.165) is 5.56 Å². The second kappa shape index (κ2) is 2.95. The summed E-state index contributed by atoms with van der Waals surface area (Å²) in [5, 5.41) is 2.83. The predicted molar refractivity (Wildman–Crippen MR) is 42.7 cm³/mol. The van der Waals surface area contributed by atoms with Crippen molar-refractivity contribution >= 4 is 5.97 Å². The fourth-order valence-electron chi connectivity index (χ4n) is 1.12. The van der Waals surface area contributed by atoms with E-state index in [-0.39, 0.29) is 12.2 Å². The first kappa shape index (κ1) is 7.31. The van der Waals surface area contributed by atoms with Gasteiger partial charge in [-0.25, -0.2) is 0 Å². The van der Waals surface area contributed by atoms with Crippen molar-refractivity contribution in [2.24, 2.45) is 0 Å². The smallest absolute Gasteiger partial charge is 0.327 e. The van der Waals surface area contributed by atoms with Crippen LogP contribution in [0.15, 0.2) is 30.3 Å². The molecule has 0 saturated carbocycles. The van der Waals surface area contributed by atoms with Crippen LogP contribution in [0.4, 0.5) is 0 Å². The van der Waals surface area contributed by atoms with Crippen molar-refractivity contribution in [3.63, 3.8) is 0 Å². The fourth-order valence-corrected chi connectivity index (χ4v) is 1.12. The number of cyclic esters (lactones) is 1. The summed E-state index contributed by atoms with van der Waals surface area (Å²) < 4.78 is 4.94. The van der Waals surface area contributed by atoms with Gasteiger partial charge < -0.3 is 4.74 Å². The minimum atomic E-state index is -0.316. The summed E-state index contributed by atoms with van der Waals surface area (Å²) in [4.78, 5) is 10.7. The quantitative estimate of drug-likeness (QED) is 0.626. The maximum atomic E-state index is 10.7. The van der Waals surface area contributed by atoms with Crippen LogP contribution in [0.3, 0.4) is 0 Å². The lowest BCUT2D eigenvalue weighted by Crippen LogP contribution is -2.10. The first-order valence-corrected chi connectivity index (χ1v) is 3.71. The molecule has 3 nitrogen and oxygen atoms in total. The summed E-state index contributed by atoms with van der Waals surface area (Å²) in [6.45, 7) is 1.33. The van der Waals surface area contributed by atoms with Crippen LogP contribution in [0.25, 0.3) is 0 Å². The van der Waals surface area contributed by atoms with E-state index in [1.54, 1.807) is 0 Å². The molecule has 1 fully saturated rings. The summed E-state index contributed by atoms with van der Waals surface area (Å²) in [5.41, 5.74) is 0.958. The van der Waals surface area contributed by atoms with Crippen LogP contribution >= 0.6 is 0 Å². The Morgan fingerprint density at radius 2 is 2.00 bits per heavy atom. The van der Waals surface area contributed by atoms with E-state index in [0.29, 0.717) is 0 Å². The lowest BCUT2D eigenvalue weighted by atomic mass is 10.2. The highest BCUT2D eigenvalue weighted by atomic mass is 16.6. The van der Waals surface area contributed by atoms with Gasteiger partial charge in [-0.2, -0.15) is 0 Å². The minimum Gasteiger partial charge on any atom is -0.441 e. The van der Waals surface area contributed by atoms with Crippen molar-refractivity contribution in [2.75, 3.05) is 0 Å². The molecule has 1 unspecified atom stereocenters. The molecule has 61 valence electrons. The number of hydrogen-bond donors (Lipinski definition) is 1. The van der Waals surface area contributed by atoms with E-state index in [9.17, 15) is 4.79 Å². The summed E-state index contributed by atoms with van der Waals surface area (Å²) >= 11 is 0. The first-order chi connectivity index (χ1) is 5.86. The van der Waals surface area contributed by atoms with Crippen LogP contribution < -0.4 is 5.32 Å². The van der Waals surface area contributed by atoms with Gasteiger partial charge in [0.2, 0.25) is 0 Å². The maximum absolute atomic E-state index is 10.7. The van der Waals surface area contributed by atoms with Gasteiger partial charge in [0, 0.05) is 5.56 Å². The molecule has 3 heteroatoms. The average Bonchev–Trinajstić information content (AvgIpc) is 2.54. The maximum Gasteiger partial charge on any atom is 0.327 e. The Balaban J connectivity index is 2.16. The number of nitrogens with one attached hydrogen (secondary N) is 1. The molecule has 0 spiro atoms. The lowest BCUT2D eigenvalue weighted by Gasteiger charge is -2.08. The number of carbonyl (C=O) groups excluding carboxylic acids is 1. The highest BCUT2D eigenvalue weighted by Gasteiger charge is 2.23. The normalized spacial score (nSPS) is 22.3. The zero-order valence-corrected chi connectivity index (χ0v) is 6.36. The number of carbonyl (C=O) groups is 1. The topological polar surface area (TPSA) is 38.3 Å². The second-order valence-corrected chi connectivity index (χ2v) is 2.54. The molecular formula is C9H8NO2. The van der Waals surface area contributed by atoms with Crippen LogP contribution in [0.2, 0.25) is 0 Å². The highest BCUT2D eigenvalue weighted by molar-refractivity contribution is 5.80. The van der Waals surface area contributed by atoms with Gasteiger partial charge in [0.25, 0.3) is 0 Å². The van der Waals surface area contributed by atoms with E-state index in [1.165, 1.54) is 6.54 Å². The Morgan fingerprint density at radius 1 is 1.25 bits per heavy atom. The molecule has 0 bridgehead atoms. The molecule has 1 heterocycles. The standard InChI is InChI=1S/C9H8NO2/c11-8-6-10-9(12-8)7-4-2-1-3-5-7/h1-6,9-10H. The first-order valence-electron chi connectivity index (χ1n) is 3.71. The van der Waals surface area contributed by atoms with Crippen LogP contribution in [0.1, 0.15) is 11.8 Å². The Morgan fingerprint density at radius 3 is 2.58 bits per heavy atom. The summed E-state index contributed by atoms with van der Waals surface area (Å²) in [6.07, 6.45) is -0.307. The lowest BCUT2D eigenvalue weighted by molar-refractivity contribution is -0.139. The number of rotatable bonds is 1. The average molecular weight is 162 g/mol. The second-order valence-electron chi connectivity index (χ2n) is 2.54. The Kier molecular flexibility index (Phi) is 1.80. The highest BCUT2D eigenvalue weighted by Crippen LogP contribution is 2.18. The van der Waals surface area contributed by atoms with Gasteiger partial charge in [0.1, 0.15) is 6.54 Å². The molecule has 0 amide bonds. The number of benzene rings is 1. The zero-order valence-electron chi connectivity index (χ0n) is 6.36. The summed E-state index contributed by atoms with van der Waals surface area (Å²) in [6, 6.07) is 9.55. The van der Waals surface area contributed by atoms with Crippen LogP contribution in [0, 0.1) is 6.54 Å². The third kappa shape index (κ3) is 1.31. The number of ether oxygens (including phenoxy) is 1. The van der Waals surface area contributed by atoms with Crippen molar-refractivity contribution in [3.8, 4) is 0 Å². The van der Waals surface area contributed by atoms with Gasteiger partial charge >= 0.3 is 5.97 Å². The monoisotopic (exact) mass is 162 g/mol. The summed E-state index contributed by atoms with van der Waals surface area (Å²) in [7, 11) is 0. The van der Waals surface area contributed by atoms with Crippen molar-refractivity contribution < 1.29 is 9.53 Å². The van der Waals surface area contributed by atoms with Crippen molar-refractivity contribution in [1.29, 1.82) is 0 Å². The molecule has 1 aromatic carbocycles. The third-order valence-electron chi connectivity index (χ3n) is 1.69. The van der Waals surface area contributed by atoms with Crippen molar-refractivity contribution in [1.82, 2.24) is 5.32 Å². The van der Waals surface area contributed by atoms with E-state index >= 15 is 0 Å². The van der Waals surface area contributed by atoms with Crippen LogP contribution in [-0.4, -0.2) is 5.97 Å². The molecule has 1 atom stereocenters. The zero-order chi connectivity index (χ0) is 8.39. The molecule has 2 rings (SSSR count). The van der Waals surface area contributed by atoms with Gasteiger partial charge in [-0.1, -0.05) is 30.3 Å². The fraction of sp³-hybridized carbons (Fsp3) is 0.111. The van der Waals surface area contributed by atoms with Gasteiger partial charge in [0.15, 0.2) is 6.23 Å². The molecule has 12 heavy (non-hydrogen) atoms. The van der Waals surface area contributed by atoms with E-state index in [4.69, 9.17) is 4.74 Å². The Hall–Kier alpha value is -1.35. The van der Waals surface area contributed by atoms with Crippen molar-refractivity contribution in [3.05, 3.63) is 42.4 Å². The molecule has 1 saturated heterocycles. The SMILES string of the molecule is O=C1[CH]NC(c2ccccc2)O1. The third-order valence-corrected chi connectivity index (χ3v) is 1.69. The number of esters is 1. The molecule has 1 aromatic rings. The molecule has 1 N–H and O–H groups in total. The van der Waals surface area contributed by atoms with Gasteiger partial charge in [-0.05, 0) is 0 Å². The minimum absolute atomic E-state index is 0.307. The van der Waals surface area contributed by atoms with Crippen LogP contribution in [-0.2, 0) is 9.53 Å². The van der Waals surface area contributed by atoms with Crippen molar-refractivity contribution in [2.45, 2.75) is 6.23 Å². The molecule has 0 aliphatic carbocycles. The van der Waals surface area contributed by atoms with E-state index < -0.39 is 0 Å². The van der Waals surface area contributed by atoms with Gasteiger partial charge in [-0.3, -0.25) is 10.1 Å². The van der Waals surface area contributed by atoms with Gasteiger partial charge in [-0.15, -0.1) is 0 Å². The van der Waals surface area contributed by atoms with Gasteiger partial charge in [0.05, 0.1) is 0 Å². The molecule has 1 aliphatic rings. The Labute approximate surface area is 70.3 Å². The predicted octanol–water partition coefficient (Wildman–Crippen LogP) is 0.993. The van der Waals surface area contributed by atoms with E-state index in [1.807, 2.05) is 30.3 Å². The molecule has 1 radical (unpaired) electrons.